The van der Waals surface area contributed by atoms with Crippen LogP contribution in [0.15, 0.2) is 41.8 Å². The third-order valence-electron chi connectivity index (χ3n) is 2.28. The summed E-state index contributed by atoms with van der Waals surface area (Å²) in [6.07, 6.45) is 0.477. The van der Waals surface area contributed by atoms with Crippen LogP contribution in [0, 0.1) is 11.3 Å². The standard InChI is InChI=1S/C13H12N2S/c14-8-7-11-3-5-12(6-4-11)15-10-13-2-1-9-16-13/h1-6,9,15H,7,10H2. The second-order valence-corrected chi connectivity index (χ2v) is 4.50. The van der Waals surface area contributed by atoms with Crippen LogP contribution < -0.4 is 5.32 Å². The molecular weight excluding hydrogens is 216 g/mol. The van der Waals surface area contributed by atoms with Gasteiger partial charge in [0.15, 0.2) is 0 Å². The van der Waals surface area contributed by atoms with Crippen LogP contribution in [0.25, 0.3) is 0 Å². The minimum atomic E-state index is 0.477. The van der Waals surface area contributed by atoms with Crippen molar-refractivity contribution < 1.29 is 0 Å². The number of hydrogen-bond donors (Lipinski definition) is 1. The molecule has 0 aliphatic rings. The van der Waals surface area contributed by atoms with Crippen molar-refractivity contribution >= 4 is 17.0 Å². The van der Waals surface area contributed by atoms with E-state index in [-0.39, 0.29) is 0 Å². The molecule has 1 aromatic carbocycles. The molecule has 0 amide bonds. The van der Waals surface area contributed by atoms with Crippen LogP contribution in [0.4, 0.5) is 5.69 Å². The quantitative estimate of drug-likeness (QED) is 0.870. The fraction of sp³-hybridized carbons (Fsp3) is 0.154. The number of nitriles is 1. The lowest BCUT2D eigenvalue weighted by atomic mass is 10.1. The molecule has 2 aromatic rings. The maximum atomic E-state index is 8.55. The number of nitrogens with zero attached hydrogens (tertiary/aromatic N) is 1. The van der Waals surface area contributed by atoms with Gasteiger partial charge < -0.3 is 5.32 Å². The first-order valence-electron chi connectivity index (χ1n) is 5.10. The third kappa shape index (κ3) is 2.85. The van der Waals surface area contributed by atoms with Crippen molar-refractivity contribution in [2.24, 2.45) is 0 Å². The summed E-state index contributed by atoms with van der Waals surface area (Å²) in [5.41, 5.74) is 2.15. The topological polar surface area (TPSA) is 35.8 Å². The second kappa shape index (κ2) is 5.34. The molecule has 0 spiro atoms. The molecule has 1 heterocycles. The van der Waals surface area contributed by atoms with Gasteiger partial charge in [0.1, 0.15) is 0 Å². The Bertz CT molecular complexity index is 466. The number of benzene rings is 1. The predicted molar refractivity (Wildman–Crippen MR) is 67.4 cm³/mol. The molecule has 1 aromatic heterocycles. The van der Waals surface area contributed by atoms with E-state index in [0.29, 0.717) is 6.42 Å². The highest BCUT2D eigenvalue weighted by Crippen LogP contribution is 2.14. The molecule has 1 N–H and O–H groups in total. The second-order valence-electron chi connectivity index (χ2n) is 3.46. The van der Waals surface area contributed by atoms with Gasteiger partial charge in [0.2, 0.25) is 0 Å². The molecule has 0 radical (unpaired) electrons. The van der Waals surface area contributed by atoms with Gasteiger partial charge in [-0.1, -0.05) is 18.2 Å². The highest BCUT2D eigenvalue weighted by molar-refractivity contribution is 7.09. The molecule has 0 fully saturated rings. The molecule has 2 nitrogen and oxygen atoms in total. The number of hydrogen-bond acceptors (Lipinski definition) is 3. The van der Waals surface area contributed by atoms with E-state index in [1.807, 2.05) is 24.3 Å². The van der Waals surface area contributed by atoms with Crippen LogP contribution in [-0.2, 0) is 13.0 Å². The lowest BCUT2D eigenvalue weighted by Gasteiger charge is -2.05. The highest BCUT2D eigenvalue weighted by atomic mass is 32.1. The summed E-state index contributed by atoms with van der Waals surface area (Å²) in [5.74, 6) is 0. The molecule has 3 heteroatoms. The Hall–Kier alpha value is -1.79. The smallest absolute Gasteiger partial charge is 0.0669 e. The summed E-state index contributed by atoms with van der Waals surface area (Å²) in [6.45, 7) is 0.856. The van der Waals surface area contributed by atoms with Crippen molar-refractivity contribution in [3.63, 3.8) is 0 Å². The van der Waals surface area contributed by atoms with Gasteiger partial charge in [0.25, 0.3) is 0 Å². The zero-order valence-electron chi connectivity index (χ0n) is 8.81. The first kappa shape index (κ1) is 10.7. The van der Waals surface area contributed by atoms with E-state index < -0.39 is 0 Å². The third-order valence-corrected chi connectivity index (χ3v) is 3.16. The van der Waals surface area contributed by atoms with Gasteiger partial charge >= 0.3 is 0 Å². The van der Waals surface area contributed by atoms with Gasteiger partial charge in [-0.25, -0.2) is 0 Å². The number of rotatable bonds is 4. The first-order valence-corrected chi connectivity index (χ1v) is 5.98. The Morgan fingerprint density at radius 1 is 1.19 bits per heavy atom. The van der Waals surface area contributed by atoms with E-state index in [1.165, 1.54) is 4.88 Å². The zero-order chi connectivity index (χ0) is 11.2. The van der Waals surface area contributed by atoms with Crippen molar-refractivity contribution in [2.75, 3.05) is 5.32 Å². The first-order chi connectivity index (χ1) is 7.88. The molecule has 0 aliphatic heterocycles. The van der Waals surface area contributed by atoms with Crippen LogP contribution in [0.2, 0.25) is 0 Å². The van der Waals surface area contributed by atoms with E-state index in [4.69, 9.17) is 5.26 Å². The maximum Gasteiger partial charge on any atom is 0.0669 e. The summed E-state index contributed by atoms with van der Waals surface area (Å²) in [4.78, 5) is 1.32. The van der Waals surface area contributed by atoms with Gasteiger partial charge in [-0.2, -0.15) is 5.26 Å². The van der Waals surface area contributed by atoms with Crippen LogP contribution in [0.5, 0.6) is 0 Å². The van der Waals surface area contributed by atoms with Crippen molar-refractivity contribution in [3.8, 4) is 6.07 Å². The molecule has 2 rings (SSSR count). The van der Waals surface area contributed by atoms with E-state index in [9.17, 15) is 0 Å². The summed E-state index contributed by atoms with van der Waals surface area (Å²) in [6, 6.07) is 14.3. The predicted octanol–water partition coefficient (Wildman–Crippen LogP) is 3.43. The minimum Gasteiger partial charge on any atom is -0.380 e. The van der Waals surface area contributed by atoms with Crippen molar-refractivity contribution in [1.29, 1.82) is 5.26 Å². The van der Waals surface area contributed by atoms with Gasteiger partial charge in [-0.15, -0.1) is 11.3 Å². The van der Waals surface area contributed by atoms with E-state index in [0.717, 1.165) is 17.8 Å². The van der Waals surface area contributed by atoms with Gasteiger partial charge in [0, 0.05) is 17.1 Å². The summed E-state index contributed by atoms with van der Waals surface area (Å²) >= 11 is 1.75. The molecule has 0 bridgehead atoms. The minimum absolute atomic E-state index is 0.477. The average molecular weight is 228 g/mol. The summed E-state index contributed by atoms with van der Waals surface area (Å²) < 4.78 is 0. The van der Waals surface area contributed by atoms with Gasteiger partial charge in [0.05, 0.1) is 12.5 Å². The molecular formula is C13H12N2S. The van der Waals surface area contributed by atoms with Crippen molar-refractivity contribution in [2.45, 2.75) is 13.0 Å². The number of nitrogens with one attached hydrogen (secondary N) is 1. The van der Waals surface area contributed by atoms with Gasteiger partial charge in [-0.05, 0) is 29.1 Å². The SMILES string of the molecule is N#CCc1ccc(NCc2cccs2)cc1. The van der Waals surface area contributed by atoms with Crippen LogP contribution in [0.1, 0.15) is 10.4 Å². The molecule has 0 unspecified atom stereocenters. The molecule has 0 saturated heterocycles. The Kier molecular flexibility index (Phi) is 3.58. The average Bonchev–Trinajstić information content (AvgIpc) is 2.82. The zero-order valence-corrected chi connectivity index (χ0v) is 9.63. The highest BCUT2D eigenvalue weighted by Gasteiger charge is 1.95. The monoisotopic (exact) mass is 228 g/mol. The van der Waals surface area contributed by atoms with Crippen LogP contribution >= 0.6 is 11.3 Å². The molecule has 80 valence electrons. The van der Waals surface area contributed by atoms with Crippen molar-refractivity contribution in [3.05, 3.63) is 52.2 Å². The molecule has 0 saturated carbocycles. The maximum absolute atomic E-state index is 8.55. The summed E-state index contributed by atoms with van der Waals surface area (Å²) in [5, 5.41) is 14.0. The van der Waals surface area contributed by atoms with Gasteiger partial charge in [-0.3, -0.25) is 0 Å². The van der Waals surface area contributed by atoms with Crippen molar-refractivity contribution in [1.82, 2.24) is 0 Å². The largest absolute Gasteiger partial charge is 0.380 e. The van der Waals surface area contributed by atoms with E-state index in [1.54, 1.807) is 11.3 Å². The Morgan fingerprint density at radius 2 is 2.00 bits per heavy atom. The van der Waals surface area contributed by atoms with Crippen LogP contribution in [0.3, 0.4) is 0 Å². The fourth-order valence-electron chi connectivity index (χ4n) is 1.43. The lowest BCUT2D eigenvalue weighted by Crippen LogP contribution is -1.97. The number of thiophene rings is 1. The Balaban J connectivity index is 1.93. The van der Waals surface area contributed by atoms with Crippen LogP contribution in [-0.4, -0.2) is 0 Å². The lowest BCUT2D eigenvalue weighted by molar-refractivity contribution is 1.18. The molecule has 0 atom stereocenters. The Morgan fingerprint density at radius 3 is 2.62 bits per heavy atom. The van der Waals surface area contributed by atoms with E-state index in [2.05, 4.69) is 28.9 Å². The van der Waals surface area contributed by atoms with E-state index >= 15 is 0 Å². The molecule has 16 heavy (non-hydrogen) atoms. The Labute approximate surface area is 99.2 Å². The summed E-state index contributed by atoms with van der Waals surface area (Å²) in [7, 11) is 0. The number of anilines is 1. The molecule has 0 aliphatic carbocycles. The normalized spacial score (nSPS) is 9.69. The fourth-order valence-corrected chi connectivity index (χ4v) is 2.08.